The topological polar surface area (TPSA) is 47.6 Å². The van der Waals surface area contributed by atoms with Gasteiger partial charge in [-0.2, -0.15) is 0 Å². The average Bonchev–Trinajstić information content (AvgIpc) is 2.55. The van der Waals surface area contributed by atoms with Crippen molar-refractivity contribution in [2.24, 2.45) is 0 Å². The zero-order chi connectivity index (χ0) is 16.7. The van der Waals surface area contributed by atoms with Crippen molar-refractivity contribution < 1.29 is 14.3 Å². The maximum absolute atomic E-state index is 12.1. The summed E-state index contributed by atoms with van der Waals surface area (Å²) < 4.78 is 10.6. The lowest BCUT2D eigenvalue weighted by molar-refractivity contribution is -0.115. The van der Waals surface area contributed by atoms with Crippen LogP contribution in [0.4, 0.5) is 5.69 Å². The number of nitrogens with one attached hydrogen (secondary N) is 1. The SMILES string of the molecule is C=C(C)COc1ccc(NC(=O)Cc2ccc(OC)cc2)cc1. The quantitative estimate of drug-likeness (QED) is 0.791. The lowest BCUT2D eigenvalue weighted by Gasteiger charge is -2.08. The first-order valence-corrected chi connectivity index (χ1v) is 7.37. The van der Waals surface area contributed by atoms with Crippen LogP contribution in [0.15, 0.2) is 60.7 Å². The number of amides is 1. The zero-order valence-corrected chi connectivity index (χ0v) is 13.5. The summed E-state index contributed by atoms with van der Waals surface area (Å²) in [5, 5.41) is 2.87. The Kier molecular flexibility index (Phi) is 5.80. The molecule has 0 aromatic heterocycles. The van der Waals surface area contributed by atoms with Crippen LogP contribution < -0.4 is 14.8 Å². The molecule has 1 N–H and O–H groups in total. The highest BCUT2D eigenvalue weighted by Crippen LogP contribution is 2.17. The first-order valence-electron chi connectivity index (χ1n) is 7.37. The summed E-state index contributed by atoms with van der Waals surface area (Å²) >= 11 is 0. The van der Waals surface area contributed by atoms with E-state index in [1.807, 2.05) is 55.5 Å². The molecule has 2 aromatic carbocycles. The molecule has 0 radical (unpaired) electrons. The Balaban J connectivity index is 1.87. The molecular weight excluding hydrogens is 290 g/mol. The van der Waals surface area contributed by atoms with Gasteiger partial charge in [-0.05, 0) is 54.5 Å². The van der Waals surface area contributed by atoms with Gasteiger partial charge in [0.05, 0.1) is 13.5 Å². The van der Waals surface area contributed by atoms with E-state index in [2.05, 4.69) is 11.9 Å². The van der Waals surface area contributed by atoms with Gasteiger partial charge in [-0.25, -0.2) is 0 Å². The van der Waals surface area contributed by atoms with Crippen LogP contribution in [0.1, 0.15) is 12.5 Å². The fourth-order valence-electron chi connectivity index (χ4n) is 1.97. The summed E-state index contributed by atoms with van der Waals surface area (Å²) in [6.45, 7) is 6.19. The van der Waals surface area contributed by atoms with E-state index in [-0.39, 0.29) is 5.91 Å². The van der Waals surface area contributed by atoms with Crippen LogP contribution in [0, 0.1) is 0 Å². The number of anilines is 1. The zero-order valence-electron chi connectivity index (χ0n) is 13.5. The lowest BCUT2D eigenvalue weighted by atomic mass is 10.1. The molecule has 4 heteroatoms. The molecular formula is C19H21NO3. The van der Waals surface area contributed by atoms with Gasteiger partial charge in [0.2, 0.25) is 5.91 Å². The van der Waals surface area contributed by atoms with Gasteiger partial charge in [-0.3, -0.25) is 4.79 Å². The molecule has 0 saturated heterocycles. The Morgan fingerprint density at radius 1 is 1.04 bits per heavy atom. The van der Waals surface area contributed by atoms with Gasteiger partial charge in [0.15, 0.2) is 0 Å². The van der Waals surface area contributed by atoms with Crippen molar-refractivity contribution in [2.75, 3.05) is 19.0 Å². The van der Waals surface area contributed by atoms with E-state index in [1.165, 1.54) is 0 Å². The third-order valence-electron chi connectivity index (χ3n) is 3.15. The van der Waals surface area contributed by atoms with E-state index in [4.69, 9.17) is 9.47 Å². The Bertz CT molecular complexity index is 660. The number of hydrogen-bond acceptors (Lipinski definition) is 3. The summed E-state index contributed by atoms with van der Waals surface area (Å²) in [6, 6.07) is 14.7. The van der Waals surface area contributed by atoms with Crippen molar-refractivity contribution in [2.45, 2.75) is 13.3 Å². The summed E-state index contributed by atoms with van der Waals surface area (Å²) in [5.41, 5.74) is 2.64. The molecule has 0 heterocycles. The van der Waals surface area contributed by atoms with Crippen molar-refractivity contribution in [3.8, 4) is 11.5 Å². The molecule has 0 saturated carbocycles. The first-order chi connectivity index (χ1) is 11.1. The molecule has 0 aliphatic rings. The normalized spacial score (nSPS) is 10.0. The van der Waals surface area contributed by atoms with Crippen LogP contribution in [-0.2, 0) is 11.2 Å². The molecule has 120 valence electrons. The molecule has 0 aliphatic carbocycles. The Morgan fingerprint density at radius 3 is 2.22 bits per heavy atom. The van der Waals surface area contributed by atoms with Crippen molar-refractivity contribution >= 4 is 11.6 Å². The maximum atomic E-state index is 12.1. The summed E-state index contributed by atoms with van der Waals surface area (Å²) in [5.74, 6) is 1.46. The Morgan fingerprint density at radius 2 is 1.65 bits per heavy atom. The maximum Gasteiger partial charge on any atom is 0.228 e. The lowest BCUT2D eigenvalue weighted by Crippen LogP contribution is -2.14. The van der Waals surface area contributed by atoms with E-state index < -0.39 is 0 Å². The van der Waals surface area contributed by atoms with Gasteiger partial charge in [0.1, 0.15) is 18.1 Å². The average molecular weight is 311 g/mol. The largest absolute Gasteiger partial charge is 0.497 e. The van der Waals surface area contributed by atoms with Crippen LogP contribution in [0.3, 0.4) is 0 Å². The number of rotatable bonds is 7. The molecule has 0 bridgehead atoms. The molecule has 2 rings (SSSR count). The van der Waals surface area contributed by atoms with Gasteiger partial charge in [0, 0.05) is 5.69 Å². The van der Waals surface area contributed by atoms with Crippen molar-refractivity contribution in [3.05, 3.63) is 66.2 Å². The number of benzene rings is 2. The second kappa shape index (κ2) is 8.03. The predicted molar refractivity (Wildman–Crippen MR) is 92.1 cm³/mol. The van der Waals surface area contributed by atoms with Crippen LogP contribution >= 0.6 is 0 Å². The number of hydrogen-bond donors (Lipinski definition) is 1. The van der Waals surface area contributed by atoms with Gasteiger partial charge in [-0.1, -0.05) is 18.7 Å². The second-order valence-corrected chi connectivity index (χ2v) is 5.34. The third-order valence-corrected chi connectivity index (χ3v) is 3.15. The fraction of sp³-hybridized carbons (Fsp3) is 0.211. The minimum absolute atomic E-state index is 0.0641. The summed E-state index contributed by atoms with van der Waals surface area (Å²) in [6.07, 6.45) is 0.317. The molecule has 0 atom stereocenters. The monoisotopic (exact) mass is 311 g/mol. The first kappa shape index (κ1) is 16.6. The van der Waals surface area contributed by atoms with Gasteiger partial charge < -0.3 is 14.8 Å². The second-order valence-electron chi connectivity index (χ2n) is 5.34. The Hall–Kier alpha value is -2.75. The van der Waals surface area contributed by atoms with Crippen LogP contribution in [-0.4, -0.2) is 19.6 Å². The highest BCUT2D eigenvalue weighted by Gasteiger charge is 2.05. The minimum atomic E-state index is -0.0641. The molecule has 0 unspecified atom stereocenters. The van der Waals surface area contributed by atoms with Crippen molar-refractivity contribution in [1.29, 1.82) is 0 Å². The molecule has 2 aromatic rings. The molecule has 0 spiro atoms. The number of carbonyl (C=O) groups is 1. The third kappa shape index (κ3) is 5.51. The van der Waals surface area contributed by atoms with E-state index in [0.717, 1.165) is 28.3 Å². The highest BCUT2D eigenvalue weighted by atomic mass is 16.5. The van der Waals surface area contributed by atoms with Crippen molar-refractivity contribution in [1.82, 2.24) is 0 Å². The van der Waals surface area contributed by atoms with Crippen LogP contribution in [0.2, 0.25) is 0 Å². The van der Waals surface area contributed by atoms with Gasteiger partial charge in [0.25, 0.3) is 0 Å². The van der Waals surface area contributed by atoms with Crippen LogP contribution in [0.5, 0.6) is 11.5 Å². The molecule has 23 heavy (non-hydrogen) atoms. The minimum Gasteiger partial charge on any atom is -0.497 e. The molecule has 1 amide bonds. The van der Waals surface area contributed by atoms with E-state index in [0.29, 0.717) is 13.0 Å². The number of ether oxygens (including phenoxy) is 2. The summed E-state index contributed by atoms with van der Waals surface area (Å²) in [4.78, 5) is 12.1. The number of carbonyl (C=O) groups excluding carboxylic acids is 1. The van der Waals surface area contributed by atoms with Crippen LogP contribution in [0.25, 0.3) is 0 Å². The fourth-order valence-corrected chi connectivity index (χ4v) is 1.97. The predicted octanol–water partition coefficient (Wildman–Crippen LogP) is 3.83. The Labute approximate surface area is 136 Å². The molecule has 4 nitrogen and oxygen atoms in total. The van der Waals surface area contributed by atoms with Crippen molar-refractivity contribution in [3.63, 3.8) is 0 Å². The standard InChI is InChI=1S/C19H21NO3/c1-14(2)13-23-18-10-6-16(7-11-18)20-19(21)12-15-4-8-17(22-3)9-5-15/h4-11H,1,12-13H2,2-3H3,(H,20,21). The smallest absolute Gasteiger partial charge is 0.228 e. The molecule has 0 aliphatic heterocycles. The van der Waals surface area contributed by atoms with E-state index >= 15 is 0 Å². The number of methoxy groups -OCH3 is 1. The molecule has 0 fully saturated rings. The summed E-state index contributed by atoms with van der Waals surface area (Å²) in [7, 11) is 1.62. The van der Waals surface area contributed by atoms with Gasteiger partial charge >= 0.3 is 0 Å². The van der Waals surface area contributed by atoms with Gasteiger partial charge in [-0.15, -0.1) is 0 Å². The van der Waals surface area contributed by atoms with E-state index in [9.17, 15) is 4.79 Å². The highest BCUT2D eigenvalue weighted by molar-refractivity contribution is 5.92. The van der Waals surface area contributed by atoms with E-state index in [1.54, 1.807) is 7.11 Å².